The summed E-state index contributed by atoms with van der Waals surface area (Å²) in [6.45, 7) is 2.42. The number of benzene rings is 3. The van der Waals surface area contributed by atoms with Crippen molar-refractivity contribution < 1.29 is 19.1 Å². The first-order valence-corrected chi connectivity index (χ1v) is 10.7. The summed E-state index contributed by atoms with van der Waals surface area (Å²) in [5.74, 6) is 0.158. The monoisotopic (exact) mass is 492 g/mol. The zero-order chi connectivity index (χ0) is 22.7. The van der Waals surface area contributed by atoms with E-state index in [1.807, 2.05) is 31.2 Å². The molecule has 7 heteroatoms. The van der Waals surface area contributed by atoms with Crippen molar-refractivity contribution in [2.45, 2.75) is 13.5 Å². The van der Waals surface area contributed by atoms with Gasteiger partial charge < -0.3 is 9.47 Å². The molecule has 4 rings (SSSR count). The van der Waals surface area contributed by atoms with Crippen molar-refractivity contribution in [3.63, 3.8) is 0 Å². The average molecular weight is 493 g/mol. The Kier molecular flexibility index (Phi) is 6.28. The van der Waals surface area contributed by atoms with Crippen LogP contribution < -0.4 is 19.9 Å². The first-order chi connectivity index (χ1) is 15.5. The summed E-state index contributed by atoms with van der Waals surface area (Å²) < 4.78 is 12.1. The third kappa shape index (κ3) is 4.53. The van der Waals surface area contributed by atoms with Crippen molar-refractivity contribution in [1.82, 2.24) is 5.43 Å². The Morgan fingerprint density at radius 2 is 1.78 bits per heavy atom. The highest BCUT2D eigenvalue weighted by molar-refractivity contribution is 9.10. The number of nitrogens with one attached hydrogen (secondary N) is 1. The molecule has 6 nitrogen and oxygen atoms in total. The Bertz CT molecular complexity index is 1210. The number of hydrogen-bond acceptors (Lipinski definition) is 4. The predicted molar refractivity (Wildman–Crippen MR) is 126 cm³/mol. The molecule has 1 N–H and O–H groups in total. The van der Waals surface area contributed by atoms with E-state index in [0.29, 0.717) is 33.8 Å². The Morgan fingerprint density at radius 1 is 1.00 bits per heavy atom. The highest BCUT2D eigenvalue weighted by Gasteiger charge is 2.34. The van der Waals surface area contributed by atoms with Crippen LogP contribution in [0, 0.1) is 6.92 Å². The minimum absolute atomic E-state index is 0.0324. The van der Waals surface area contributed by atoms with E-state index in [1.54, 1.807) is 43.5 Å². The fourth-order valence-electron chi connectivity index (χ4n) is 3.37. The summed E-state index contributed by atoms with van der Waals surface area (Å²) in [5, 5.41) is 1.23. The number of amides is 2. The Hall–Kier alpha value is -3.58. The van der Waals surface area contributed by atoms with E-state index in [1.165, 1.54) is 11.1 Å². The molecule has 3 aromatic rings. The van der Waals surface area contributed by atoms with Crippen molar-refractivity contribution >= 4 is 39.5 Å². The number of rotatable bonds is 6. The molecule has 0 radical (unpaired) electrons. The van der Waals surface area contributed by atoms with Crippen LogP contribution >= 0.6 is 15.9 Å². The molecule has 0 atom stereocenters. The Labute approximate surface area is 194 Å². The van der Waals surface area contributed by atoms with Crippen molar-refractivity contribution in [1.29, 1.82) is 0 Å². The quantitative estimate of drug-likeness (QED) is 0.396. The standard InChI is InChI=1S/C25H21BrN2O4/c1-16-7-6-8-17(11-16)15-32-23-14-21(26)18(13-22(23)31-2)12-20-24(29)27-28(25(20)30)19-9-4-3-5-10-19/h3-14H,15H2,1-2H3,(H,27,29)/b20-12-. The van der Waals surface area contributed by atoms with E-state index in [0.717, 1.165) is 11.1 Å². The molecule has 162 valence electrons. The normalized spacial score (nSPS) is 14.6. The molecular formula is C25H21BrN2O4. The van der Waals surface area contributed by atoms with Gasteiger partial charge in [0.1, 0.15) is 12.2 Å². The second kappa shape index (κ2) is 9.28. The van der Waals surface area contributed by atoms with Gasteiger partial charge >= 0.3 is 0 Å². The van der Waals surface area contributed by atoms with Crippen molar-refractivity contribution in [3.05, 3.63) is 93.5 Å². The first-order valence-electron chi connectivity index (χ1n) is 9.94. The number of nitrogens with zero attached hydrogens (tertiary/aromatic N) is 1. The number of carbonyl (C=O) groups excluding carboxylic acids is 2. The van der Waals surface area contributed by atoms with E-state index in [-0.39, 0.29) is 5.57 Å². The topological polar surface area (TPSA) is 67.9 Å². The van der Waals surface area contributed by atoms with Gasteiger partial charge in [-0.3, -0.25) is 15.0 Å². The van der Waals surface area contributed by atoms with Gasteiger partial charge in [0.25, 0.3) is 11.8 Å². The molecule has 3 aromatic carbocycles. The highest BCUT2D eigenvalue weighted by Crippen LogP contribution is 2.35. The van der Waals surface area contributed by atoms with Crippen LogP contribution in [0.25, 0.3) is 6.08 Å². The Morgan fingerprint density at radius 3 is 2.50 bits per heavy atom. The molecule has 2 amide bonds. The molecule has 0 unspecified atom stereocenters. The lowest BCUT2D eigenvalue weighted by Crippen LogP contribution is -2.35. The van der Waals surface area contributed by atoms with Gasteiger partial charge in [-0.15, -0.1) is 0 Å². The largest absolute Gasteiger partial charge is 0.493 e. The smallest absolute Gasteiger partial charge is 0.282 e. The van der Waals surface area contributed by atoms with E-state index < -0.39 is 11.8 Å². The van der Waals surface area contributed by atoms with Crippen LogP contribution in [0.4, 0.5) is 5.69 Å². The number of aryl methyl sites for hydroxylation is 1. The van der Waals surface area contributed by atoms with E-state index in [2.05, 4.69) is 27.4 Å². The lowest BCUT2D eigenvalue weighted by atomic mass is 10.1. The lowest BCUT2D eigenvalue weighted by Gasteiger charge is -2.14. The number of methoxy groups -OCH3 is 1. The second-order valence-electron chi connectivity index (χ2n) is 7.28. The van der Waals surface area contributed by atoms with Crippen LogP contribution in [0.5, 0.6) is 11.5 Å². The molecule has 32 heavy (non-hydrogen) atoms. The molecular weight excluding hydrogens is 472 g/mol. The summed E-state index contributed by atoms with van der Waals surface area (Å²) in [5.41, 5.74) is 6.05. The maximum Gasteiger partial charge on any atom is 0.282 e. The van der Waals surface area contributed by atoms with Gasteiger partial charge in [0.2, 0.25) is 0 Å². The summed E-state index contributed by atoms with van der Waals surface area (Å²) in [4.78, 5) is 25.3. The molecule has 0 saturated carbocycles. The highest BCUT2D eigenvalue weighted by atomic mass is 79.9. The summed E-state index contributed by atoms with van der Waals surface area (Å²) in [7, 11) is 1.55. The molecule has 0 aliphatic carbocycles. The average Bonchev–Trinajstić information content (AvgIpc) is 3.08. The maximum absolute atomic E-state index is 12.8. The number of ether oxygens (including phenoxy) is 2. The van der Waals surface area contributed by atoms with Gasteiger partial charge in [0.15, 0.2) is 11.5 Å². The van der Waals surface area contributed by atoms with Crippen LogP contribution in [0.2, 0.25) is 0 Å². The van der Waals surface area contributed by atoms with E-state index >= 15 is 0 Å². The number of halogens is 1. The van der Waals surface area contributed by atoms with Crippen molar-refractivity contribution in [3.8, 4) is 11.5 Å². The molecule has 1 aliphatic rings. The minimum Gasteiger partial charge on any atom is -0.493 e. The molecule has 1 heterocycles. The van der Waals surface area contributed by atoms with Crippen molar-refractivity contribution in [2.75, 3.05) is 12.1 Å². The minimum atomic E-state index is -0.468. The van der Waals surface area contributed by atoms with Crippen LogP contribution in [-0.2, 0) is 16.2 Å². The van der Waals surface area contributed by atoms with Gasteiger partial charge in [0, 0.05) is 4.47 Å². The second-order valence-corrected chi connectivity index (χ2v) is 8.13. The third-order valence-corrected chi connectivity index (χ3v) is 5.65. The molecule has 1 aliphatic heterocycles. The third-order valence-electron chi connectivity index (χ3n) is 4.97. The maximum atomic E-state index is 12.8. The SMILES string of the molecule is COc1cc(/C=C2/C(=O)NN(c3ccccc3)C2=O)c(Br)cc1OCc1cccc(C)c1. The Balaban J connectivity index is 1.59. The first kappa shape index (κ1) is 21.6. The van der Waals surface area contributed by atoms with Gasteiger partial charge in [0.05, 0.1) is 12.8 Å². The van der Waals surface area contributed by atoms with Crippen molar-refractivity contribution in [2.24, 2.45) is 0 Å². The zero-order valence-electron chi connectivity index (χ0n) is 17.6. The molecule has 1 fully saturated rings. The van der Waals surface area contributed by atoms with E-state index in [4.69, 9.17) is 9.47 Å². The fourth-order valence-corrected chi connectivity index (χ4v) is 3.81. The van der Waals surface area contributed by atoms with Gasteiger partial charge in [-0.2, -0.15) is 0 Å². The summed E-state index contributed by atoms with van der Waals surface area (Å²) >= 11 is 3.52. The fraction of sp³-hybridized carbons (Fsp3) is 0.120. The summed E-state index contributed by atoms with van der Waals surface area (Å²) in [6, 6.07) is 20.5. The molecule has 0 aromatic heterocycles. The van der Waals surface area contributed by atoms with Crippen LogP contribution in [0.3, 0.4) is 0 Å². The number of anilines is 1. The van der Waals surface area contributed by atoms with Crippen LogP contribution in [0.15, 0.2) is 76.8 Å². The van der Waals surface area contributed by atoms with Gasteiger partial charge in [-0.25, -0.2) is 5.01 Å². The number of hydrogen-bond donors (Lipinski definition) is 1. The summed E-state index contributed by atoms with van der Waals surface area (Å²) in [6.07, 6.45) is 1.54. The van der Waals surface area contributed by atoms with Crippen LogP contribution in [0.1, 0.15) is 16.7 Å². The van der Waals surface area contributed by atoms with Gasteiger partial charge in [-0.05, 0) is 48.4 Å². The number of carbonyl (C=O) groups is 2. The molecule has 1 saturated heterocycles. The predicted octanol–water partition coefficient (Wildman–Crippen LogP) is 4.81. The zero-order valence-corrected chi connectivity index (χ0v) is 19.2. The number of hydrazine groups is 1. The molecule has 0 spiro atoms. The lowest BCUT2D eigenvalue weighted by molar-refractivity contribution is -0.117. The number of para-hydroxylation sites is 1. The van der Waals surface area contributed by atoms with Gasteiger partial charge in [-0.1, -0.05) is 64.0 Å². The van der Waals surface area contributed by atoms with Crippen LogP contribution in [-0.4, -0.2) is 18.9 Å². The molecule has 0 bridgehead atoms. The van der Waals surface area contributed by atoms with E-state index in [9.17, 15) is 9.59 Å².